The number of nitrogens with one attached hydrogen (secondary N) is 2. The molecule has 2 radical (unpaired) electrons. The molecule has 2 unspecified atom stereocenters. The summed E-state index contributed by atoms with van der Waals surface area (Å²) < 4.78 is 37.6. The van der Waals surface area contributed by atoms with E-state index in [1.54, 1.807) is 19.2 Å². The fraction of sp³-hybridized carbons (Fsp3) is 0.155. The molecule has 20 heteroatoms. The van der Waals surface area contributed by atoms with Gasteiger partial charge in [-0.1, -0.05) is 301 Å². The summed E-state index contributed by atoms with van der Waals surface area (Å²) in [5.41, 5.74) is 37.1. The molecular formula is C129H115F2Ir2N13O3-2. The summed E-state index contributed by atoms with van der Waals surface area (Å²) >= 11 is 0. The van der Waals surface area contributed by atoms with Gasteiger partial charge in [0.25, 0.3) is 5.82 Å². The van der Waals surface area contributed by atoms with Crippen molar-refractivity contribution in [2.24, 2.45) is 15.2 Å². The largest absolute Gasteiger partial charge is 0.702 e. The number of azo groups is 1. The number of hydrogen-bond donors (Lipinski definition) is 2. The fourth-order valence-electron chi connectivity index (χ4n) is 20.1. The van der Waals surface area contributed by atoms with E-state index in [0.29, 0.717) is 35.6 Å². The Hall–Kier alpha value is -16.2. The number of anilines is 3. The van der Waals surface area contributed by atoms with Gasteiger partial charge in [-0.2, -0.15) is 20.5 Å². The molecule has 0 aliphatic carbocycles. The van der Waals surface area contributed by atoms with Gasteiger partial charge in [0.2, 0.25) is 0 Å². The zero-order valence-electron chi connectivity index (χ0n) is 84.9. The van der Waals surface area contributed by atoms with E-state index in [1.807, 2.05) is 124 Å². The molecule has 0 amide bonds. The molecule has 0 bridgehead atoms. The zero-order valence-corrected chi connectivity index (χ0v) is 89.7. The molecule has 4 aromatic heterocycles. The van der Waals surface area contributed by atoms with Gasteiger partial charge in [0.05, 0.1) is 45.6 Å². The first-order valence-corrected chi connectivity index (χ1v) is 49.9. The van der Waals surface area contributed by atoms with Crippen LogP contribution in [0.4, 0.5) is 37.2 Å². The maximum Gasteiger partial charge on any atom is 0.294 e. The molecule has 7 aliphatic heterocycles. The minimum Gasteiger partial charge on any atom is -0.702 e. The van der Waals surface area contributed by atoms with Crippen molar-refractivity contribution < 1.29 is 67.9 Å². The van der Waals surface area contributed by atoms with Crippen LogP contribution in [0.25, 0.3) is 133 Å². The number of aromatic nitrogens is 4. The maximum atomic E-state index is 13.8. The molecule has 19 aromatic rings. The number of furan rings is 1. The number of aliphatic imine (C=N–C) groups is 1. The third kappa shape index (κ3) is 23.0. The van der Waals surface area contributed by atoms with Crippen molar-refractivity contribution in [1.82, 2.24) is 24.3 Å². The van der Waals surface area contributed by atoms with Gasteiger partial charge in [0.1, 0.15) is 48.2 Å². The summed E-state index contributed by atoms with van der Waals surface area (Å²) in [5, 5.41) is 31.1. The number of aliphatic hydroxyl groups is 1. The van der Waals surface area contributed by atoms with E-state index in [1.165, 1.54) is 137 Å². The first-order valence-electron chi connectivity index (χ1n) is 49.9. The van der Waals surface area contributed by atoms with Crippen LogP contribution in [-0.2, 0) is 70.9 Å². The molecule has 3 N–H and O–H groups in total. The second-order valence-electron chi connectivity index (χ2n) is 38.2. The van der Waals surface area contributed by atoms with Gasteiger partial charge >= 0.3 is 0 Å². The zero-order chi connectivity index (χ0) is 102. The fourth-order valence-corrected chi connectivity index (χ4v) is 20.1. The Morgan fingerprint density at radius 2 is 1.23 bits per heavy atom. The molecule has 0 fully saturated rings. The number of rotatable bonds is 12. The van der Waals surface area contributed by atoms with Gasteiger partial charge in [0.15, 0.2) is 11.4 Å². The Morgan fingerprint density at radius 1 is 0.570 bits per heavy atom. The van der Waals surface area contributed by atoms with Crippen molar-refractivity contribution in [1.29, 1.82) is 0 Å². The molecular weight excluding hydrogens is 2200 g/mol. The Kier molecular flexibility index (Phi) is 32.9. The number of hydrogen-bond acceptors (Lipinski definition) is 13. The van der Waals surface area contributed by atoms with E-state index >= 15 is 0 Å². The Morgan fingerprint density at radius 3 is 1.94 bits per heavy atom. The second-order valence-corrected chi connectivity index (χ2v) is 38.2. The van der Waals surface area contributed by atoms with Crippen molar-refractivity contribution >= 4 is 105 Å². The number of aliphatic hydroxyl groups excluding tert-OH is 1. The van der Waals surface area contributed by atoms with E-state index in [2.05, 4.69) is 369 Å². The van der Waals surface area contributed by atoms with E-state index in [0.717, 1.165) is 110 Å². The molecule has 26 rings (SSSR count). The Bertz CT molecular complexity index is 8340. The molecule has 0 saturated heterocycles. The normalized spacial score (nSPS) is 14.3. The van der Waals surface area contributed by atoms with Crippen LogP contribution in [0.5, 0.6) is 0 Å². The van der Waals surface area contributed by atoms with Gasteiger partial charge in [-0.25, -0.2) is 4.57 Å². The van der Waals surface area contributed by atoms with Gasteiger partial charge in [-0.3, -0.25) is 23.6 Å². The number of carbonyl (C=O) groups is 1. The Labute approximate surface area is 896 Å². The van der Waals surface area contributed by atoms with Gasteiger partial charge < -0.3 is 45.2 Å². The summed E-state index contributed by atoms with van der Waals surface area (Å²) in [5.74, 6) is 0.945. The maximum absolute atomic E-state index is 13.8. The number of fused-ring (bicyclic) bond motifs is 19. The van der Waals surface area contributed by atoms with Crippen LogP contribution in [0.3, 0.4) is 0 Å². The minimum absolute atomic E-state index is 0. The van der Waals surface area contributed by atoms with Crippen LogP contribution < -0.4 is 19.7 Å². The molecule has 0 saturated carbocycles. The molecule has 15 aromatic carbocycles. The molecule has 7 aliphatic rings. The number of ketones is 1. The smallest absolute Gasteiger partial charge is 0.294 e. The van der Waals surface area contributed by atoms with Crippen LogP contribution >= 0.6 is 0 Å². The first kappa shape index (κ1) is 104. The van der Waals surface area contributed by atoms with Crippen LogP contribution in [0.15, 0.2) is 438 Å². The molecule has 149 heavy (non-hydrogen) atoms. The summed E-state index contributed by atoms with van der Waals surface area (Å²) in [4.78, 5) is 32.8. The molecule has 0 spiro atoms. The number of carbonyl (C=O) groups excluding carboxylic acids is 1. The molecule has 748 valence electrons. The standard InChI is InChI=1S/C27H18N.C22H25N2.C18H17N3.C17H14N2O.C15H8F2N.C14H12N2.C11H13N2.C5H8O2.2Ir/c1-4-10-20(11-5-1)23-16-17-26-25(18-23)24(21-12-6-2-7-13-21)19-27(28-26)22-14-8-3-9-15-22;1-15(2)18-10-7-11-19(16(3)4)21(18)24-13-12-23-14-17-8-5-6-9-20(17)22(23)24;1-11(2)20-21-17-15-8-4-3-7-13(15)14-9-5-6-12-10-19-18(17)16(12)14;1-18-8-9-19-15(18)10-11-6-7-13-12-4-2-3-5-14(12)20-17(13)16(11)19;16-11-5-6-13(14(17)9-11)15-12-4-2-1-3-10(12)7-8-18-15;1-2-7-13-11(5-1)9-14-15-8-4-3-6-12(15)10-16(13)14;1-9(12)8-10(2)13-11-6-4-3-5-7-11;1-4(6)3-5(2)7;;/h1-14,16-19H;5-13,15-16H,14H2,1-4H3;3-9,11,19H,10H2,1-2H3;2-9,15H,10H2,1H3;1-5,7-9H;1-8,10,14H,9H2;3-8,12H,1-2H3;3,6H,1-2H3;;/q-1;+1;;;-1;;-1;;;. The number of nitrogens with zero attached hydrogens (tertiary/aromatic N) is 11. The predicted molar refractivity (Wildman–Crippen MR) is 599 cm³/mol. The van der Waals surface area contributed by atoms with Crippen LogP contribution in [0.1, 0.15) is 114 Å². The number of allylic oxidation sites excluding steroid dienone is 7. The Balaban J connectivity index is 0.000000118. The van der Waals surface area contributed by atoms with E-state index in [9.17, 15) is 13.6 Å². The van der Waals surface area contributed by atoms with Crippen LogP contribution in [0, 0.1) is 23.8 Å². The first-order chi connectivity index (χ1) is 71.5. The number of imidazole rings is 1. The van der Waals surface area contributed by atoms with Crippen molar-refractivity contribution in [2.45, 2.75) is 125 Å². The monoisotopic (exact) mass is 2320 g/mol. The third-order valence-corrected chi connectivity index (χ3v) is 26.7. The van der Waals surface area contributed by atoms with E-state index in [4.69, 9.17) is 20.2 Å². The summed E-state index contributed by atoms with van der Waals surface area (Å²) in [6, 6.07) is 117. The minimum atomic E-state index is -0.654. The van der Waals surface area contributed by atoms with Gasteiger partial charge in [0, 0.05) is 170 Å². The van der Waals surface area contributed by atoms with E-state index < -0.39 is 11.6 Å². The number of likely N-dealkylation sites (N-methyl/N-ethyl adjacent to an activating group) is 1. The number of pyridine rings is 2. The molecule has 2 atom stereocenters. The number of para-hydroxylation sites is 4. The second kappa shape index (κ2) is 47.1. The number of benzene rings is 15. The SMILES string of the molecule is C1=CC2=CN3c4ccccc4CC3N2C=C1.CC(=O)C=C(C)O.CC(C)N=Nc1c2c3c(cccc3c3ccccc13)CN2.CC(C)c1cccc(C(C)C)c1-n1cc[n+]2c1-c1ccccc1C2.CC([NH-])=CC(C)=Nc1ccccc1.CN1C=CN2c3c(ccc4c3oc3ccccc34)CC12.Fc1c[c-]c(-c2nccc3ccccc23)c(F)c1.[Ir].[Ir].[c-]1ccccc1-c1cc(-c2ccccc2)c2cc(-c3ccccc3)ccc2n1. The van der Waals surface area contributed by atoms with Crippen LogP contribution in [0.2, 0.25) is 0 Å². The number of halogens is 2. The average molecular weight is 2320 g/mol. The van der Waals surface area contributed by atoms with Crippen molar-refractivity contribution in [2.75, 3.05) is 22.2 Å². The quantitative estimate of drug-likeness (QED) is 0.0228. The summed E-state index contributed by atoms with van der Waals surface area (Å²) in [7, 11) is 2.13. The molecule has 16 nitrogen and oxygen atoms in total. The van der Waals surface area contributed by atoms with Crippen molar-refractivity contribution in [3.05, 3.63) is 481 Å². The summed E-state index contributed by atoms with van der Waals surface area (Å²) in [6.45, 7) is 21.6. The van der Waals surface area contributed by atoms with E-state index in [-0.39, 0.29) is 63.4 Å². The predicted octanol–water partition coefficient (Wildman–Crippen LogP) is 32.5. The van der Waals surface area contributed by atoms with Crippen LogP contribution in [-0.4, -0.2) is 66.4 Å². The van der Waals surface area contributed by atoms with Gasteiger partial charge in [-0.15, -0.1) is 48.0 Å². The van der Waals surface area contributed by atoms with Crippen molar-refractivity contribution in [3.8, 4) is 61.8 Å². The third-order valence-electron chi connectivity index (χ3n) is 26.7. The molecule has 11 heterocycles. The van der Waals surface area contributed by atoms with Gasteiger partial charge in [-0.05, 0) is 179 Å². The summed E-state index contributed by atoms with van der Waals surface area (Å²) in [6.07, 6.45) is 27.0. The average Bonchev–Trinajstić information content (AvgIpc) is 1.52. The van der Waals surface area contributed by atoms with Crippen molar-refractivity contribution in [3.63, 3.8) is 0 Å². The topological polar surface area (TPSA) is 171 Å².